The number of ether oxygens (including phenoxy) is 1. The Labute approximate surface area is 147 Å². The van der Waals surface area contributed by atoms with Gasteiger partial charge >= 0.3 is 10.8 Å². The minimum Gasteiger partial charge on any atom is -0.465 e. The summed E-state index contributed by atoms with van der Waals surface area (Å²) in [7, 11) is -1.17. The van der Waals surface area contributed by atoms with Gasteiger partial charge in [-0.2, -0.15) is 0 Å². The van der Waals surface area contributed by atoms with Crippen molar-refractivity contribution in [3.63, 3.8) is 0 Å². The van der Waals surface area contributed by atoms with Crippen molar-refractivity contribution in [2.75, 3.05) is 11.8 Å². The highest BCUT2D eigenvalue weighted by atomic mass is 32.2. The van der Waals surface area contributed by atoms with Crippen LogP contribution in [0.1, 0.15) is 10.4 Å². The van der Waals surface area contributed by atoms with Gasteiger partial charge in [0, 0.05) is 7.05 Å². The first-order valence-electron chi connectivity index (χ1n) is 7.13. The zero-order valence-electron chi connectivity index (χ0n) is 13.3. The maximum absolute atomic E-state index is 12.7. The Bertz CT molecular complexity index is 1130. The number of esters is 1. The molecular formula is C16H14N2O5S2. The Morgan fingerprint density at radius 2 is 1.92 bits per heavy atom. The van der Waals surface area contributed by atoms with E-state index >= 15 is 0 Å². The third kappa shape index (κ3) is 3.15. The molecule has 0 spiro atoms. The summed E-state index contributed by atoms with van der Waals surface area (Å²) in [6.45, 7) is 0. The Morgan fingerprint density at radius 1 is 1.20 bits per heavy atom. The molecule has 1 aromatic heterocycles. The van der Waals surface area contributed by atoms with Gasteiger partial charge in [-0.25, -0.2) is 13.2 Å². The lowest BCUT2D eigenvalue weighted by Crippen LogP contribution is -2.17. The number of hydrogen-bond donors (Lipinski definition) is 1. The number of thiazole rings is 1. The molecule has 2 aromatic carbocycles. The lowest BCUT2D eigenvalue weighted by atomic mass is 10.2. The van der Waals surface area contributed by atoms with Crippen LogP contribution in [-0.2, 0) is 21.8 Å². The van der Waals surface area contributed by atoms with Gasteiger partial charge in [-0.15, -0.1) is 0 Å². The molecule has 0 aliphatic carbocycles. The fourth-order valence-corrected chi connectivity index (χ4v) is 4.55. The van der Waals surface area contributed by atoms with Crippen molar-refractivity contribution < 1.29 is 17.9 Å². The largest absolute Gasteiger partial charge is 0.465 e. The van der Waals surface area contributed by atoms with Gasteiger partial charge in [0.1, 0.15) is 4.90 Å². The van der Waals surface area contributed by atoms with Crippen molar-refractivity contribution in [3.8, 4) is 0 Å². The van der Waals surface area contributed by atoms with Gasteiger partial charge in [0.05, 0.1) is 28.6 Å². The molecule has 0 radical (unpaired) electrons. The predicted molar refractivity (Wildman–Crippen MR) is 95.7 cm³/mol. The molecular weight excluding hydrogens is 364 g/mol. The highest BCUT2D eigenvalue weighted by Crippen LogP contribution is 2.24. The maximum atomic E-state index is 12.7. The molecule has 9 heteroatoms. The number of sulfonamides is 1. The fourth-order valence-electron chi connectivity index (χ4n) is 2.39. The SMILES string of the molecule is COC(=O)c1ccccc1S(=O)(=O)Nc1ccc2c(c1)sc(=O)n2C. The number of methoxy groups -OCH3 is 1. The third-order valence-electron chi connectivity index (χ3n) is 3.63. The van der Waals surface area contributed by atoms with Gasteiger partial charge in [-0.3, -0.25) is 9.52 Å². The number of nitrogens with zero attached hydrogens (tertiary/aromatic N) is 1. The van der Waals surface area contributed by atoms with Crippen LogP contribution in [0, 0.1) is 0 Å². The van der Waals surface area contributed by atoms with E-state index in [2.05, 4.69) is 9.46 Å². The Kier molecular flexibility index (Phi) is 4.36. The second kappa shape index (κ2) is 6.34. The molecule has 0 saturated carbocycles. The van der Waals surface area contributed by atoms with Crippen molar-refractivity contribution in [1.82, 2.24) is 4.57 Å². The number of anilines is 1. The first-order valence-corrected chi connectivity index (χ1v) is 9.43. The Morgan fingerprint density at radius 3 is 2.64 bits per heavy atom. The molecule has 130 valence electrons. The first-order chi connectivity index (χ1) is 11.8. The van der Waals surface area contributed by atoms with E-state index in [0.29, 0.717) is 15.9 Å². The zero-order valence-corrected chi connectivity index (χ0v) is 15.0. The molecule has 0 amide bonds. The average molecular weight is 378 g/mol. The van der Waals surface area contributed by atoms with Gasteiger partial charge in [0.15, 0.2) is 0 Å². The van der Waals surface area contributed by atoms with Crippen LogP contribution in [0.2, 0.25) is 0 Å². The van der Waals surface area contributed by atoms with Gasteiger partial charge < -0.3 is 9.30 Å². The lowest BCUT2D eigenvalue weighted by Gasteiger charge is -2.11. The highest BCUT2D eigenvalue weighted by molar-refractivity contribution is 7.92. The summed E-state index contributed by atoms with van der Waals surface area (Å²) in [4.78, 5) is 23.2. The number of aryl methyl sites for hydroxylation is 1. The van der Waals surface area contributed by atoms with E-state index in [4.69, 9.17) is 0 Å². The zero-order chi connectivity index (χ0) is 18.2. The molecule has 1 heterocycles. The third-order valence-corrected chi connectivity index (χ3v) is 6.06. The number of carbonyl (C=O) groups excluding carboxylic acids is 1. The van der Waals surface area contributed by atoms with Crippen molar-refractivity contribution in [2.45, 2.75) is 4.90 Å². The van der Waals surface area contributed by atoms with E-state index < -0.39 is 16.0 Å². The van der Waals surface area contributed by atoms with Crippen LogP contribution in [0.3, 0.4) is 0 Å². The second-order valence-corrected chi connectivity index (χ2v) is 7.85. The van der Waals surface area contributed by atoms with E-state index in [-0.39, 0.29) is 15.3 Å². The molecule has 1 N–H and O–H groups in total. The van der Waals surface area contributed by atoms with Crippen LogP contribution in [0.5, 0.6) is 0 Å². The molecule has 0 aliphatic heterocycles. The highest BCUT2D eigenvalue weighted by Gasteiger charge is 2.23. The van der Waals surface area contributed by atoms with Crippen molar-refractivity contribution in [2.24, 2.45) is 7.05 Å². The molecule has 0 aliphatic rings. The van der Waals surface area contributed by atoms with Gasteiger partial charge in [-0.1, -0.05) is 23.5 Å². The smallest absolute Gasteiger partial charge is 0.339 e. The minimum atomic E-state index is -4.00. The number of nitrogens with one attached hydrogen (secondary N) is 1. The van der Waals surface area contributed by atoms with Gasteiger partial charge in [0.2, 0.25) is 0 Å². The van der Waals surface area contributed by atoms with E-state index in [1.165, 1.54) is 29.9 Å². The molecule has 3 aromatic rings. The molecule has 0 fully saturated rings. The Hall–Kier alpha value is -2.65. The number of aromatic nitrogens is 1. The standard InChI is InChI=1S/C16H14N2O5S2/c1-18-12-8-7-10(9-13(12)24-16(18)20)17-25(21,22)14-6-4-3-5-11(14)15(19)23-2/h3-9,17H,1-2H3. The van der Waals surface area contributed by atoms with E-state index in [0.717, 1.165) is 11.3 Å². The summed E-state index contributed by atoms with van der Waals surface area (Å²) >= 11 is 1.02. The summed E-state index contributed by atoms with van der Waals surface area (Å²) < 4.78 is 34.6. The number of fused-ring (bicyclic) bond motifs is 1. The summed E-state index contributed by atoms with van der Waals surface area (Å²) in [5.41, 5.74) is 0.963. The average Bonchev–Trinajstić information content (AvgIpc) is 2.87. The lowest BCUT2D eigenvalue weighted by molar-refractivity contribution is 0.0596. The molecule has 0 unspecified atom stereocenters. The molecule has 0 saturated heterocycles. The van der Waals surface area contributed by atoms with Crippen LogP contribution in [0.15, 0.2) is 52.2 Å². The number of hydrogen-bond acceptors (Lipinski definition) is 6. The molecule has 25 heavy (non-hydrogen) atoms. The second-order valence-electron chi connectivity index (χ2n) is 5.20. The van der Waals surface area contributed by atoms with E-state index in [1.807, 2.05) is 0 Å². The first kappa shape index (κ1) is 17.2. The molecule has 3 rings (SSSR count). The minimum absolute atomic E-state index is 0.0528. The van der Waals surface area contributed by atoms with Crippen LogP contribution in [0.25, 0.3) is 10.2 Å². The predicted octanol–water partition coefficient (Wildman–Crippen LogP) is 2.19. The van der Waals surface area contributed by atoms with Crippen LogP contribution < -0.4 is 9.60 Å². The number of rotatable bonds is 4. The molecule has 0 bridgehead atoms. The summed E-state index contributed by atoms with van der Waals surface area (Å²) in [5.74, 6) is -0.738. The number of carbonyl (C=O) groups is 1. The summed E-state index contributed by atoms with van der Waals surface area (Å²) in [6.07, 6.45) is 0. The van der Waals surface area contributed by atoms with Gasteiger partial charge in [0.25, 0.3) is 10.0 Å². The normalized spacial score (nSPS) is 11.4. The quantitative estimate of drug-likeness (QED) is 0.702. The van der Waals surface area contributed by atoms with E-state index in [9.17, 15) is 18.0 Å². The monoisotopic (exact) mass is 378 g/mol. The topological polar surface area (TPSA) is 94.5 Å². The maximum Gasteiger partial charge on any atom is 0.339 e. The summed E-state index contributed by atoms with van der Waals surface area (Å²) in [6, 6.07) is 10.6. The van der Waals surface area contributed by atoms with Crippen LogP contribution >= 0.6 is 11.3 Å². The molecule has 7 nitrogen and oxygen atoms in total. The fraction of sp³-hybridized carbons (Fsp3) is 0.125. The van der Waals surface area contributed by atoms with Crippen LogP contribution in [0.4, 0.5) is 5.69 Å². The van der Waals surface area contributed by atoms with Crippen molar-refractivity contribution >= 4 is 43.2 Å². The van der Waals surface area contributed by atoms with Gasteiger partial charge in [-0.05, 0) is 30.3 Å². The Balaban J connectivity index is 2.03. The van der Waals surface area contributed by atoms with Crippen LogP contribution in [-0.4, -0.2) is 26.1 Å². The summed E-state index contributed by atoms with van der Waals surface area (Å²) in [5, 5.41) is 0. The van der Waals surface area contributed by atoms with Crippen molar-refractivity contribution in [3.05, 3.63) is 57.7 Å². The number of benzene rings is 2. The van der Waals surface area contributed by atoms with E-state index in [1.54, 1.807) is 31.3 Å². The van der Waals surface area contributed by atoms with Crippen molar-refractivity contribution in [1.29, 1.82) is 0 Å². The molecule has 0 atom stereocenters.